The third-order valence-electron chi connectivity index (χ3n) is 18.3. The van der Waals surface area contributed by atoms with Crippen molar-refractivity contribution < 1.29 is 42.2 Å². The molecular weight excluding hydrogens is 1050 g/mol. The molecule has 0 unspecified atom stereocenters. The number of methoxy groups -OCH3 is 2. The molecule has 3 aromatic carbocycles. The summed E-state index contributed by atoms with van der Waals surface area (Å²) in [6, 6.07) is 24.3. The number of amides is 1. The molecule has 4 aliphatic heterocycles. The maximum atomic E-state index is 14.8. The predicted octanol–water partition coefficient (Wildman–Crippen LogP) is 8.66. The van der Waals surface area contributed by atoms with Crippen LogP contribution in [0.15, 0.2) is 96.2 Å². The fourth-order valence-corrected chi connectivity index (χ4v) is 14.6. The summed E-state index contributed by atoms with van der Waals surface area (Å²) < 4.78 is 54.3. The molecule has 21 heteroatoms. The van der Waals surface area contributed by atoms with Crippen molar-refractivity contribution >= 4 is 55.4 Å². The molecule has 6 aliphatic rings. The quantitative estimate of drug-likeness (QED) is 0.0557. The molecule has 428 valence electrons. The Balaban J connectivity index is 0.790. The van der Waals surface area contributed by atoms with E-state index >= 15 is 0 Å². The number of ether oxygens (including phenoxy) is 4. The van der Waals surface area contributed by atoms with Gasteiger partial charge in [-0.15, -0.1) is 0 Å². The molecule has 12 rings (SSSR count). The van der Waals surface area contributed by atoms with E-state index in [1.54, 1.807) is 26.5 Å². The van der Waals surface area contributed by atoms with Crippen molar-refractivity contribution in [1.29, 1.82) is 0 Å². The van der Waals surface area contributed by atoms with E-state index in [0.717, 1.165) is 100 Å². The zero-order valence-corrected chi connectivity index (χ0v) is 47.3. The summed E-state index contributed by atoms with van der Waals surface area (Å²) in [5.41, 5.74) is 5.73. The number of fused-ring (bicyclic) bond motifs is 3. The third kappa shape index (κ3) is 11.0. The molecule has 5 fully saturated rings. The van der Waals surface area contributed by atoms with Crippen LogP contribution in [0.25, 0.3) is 11.0 Å². The highest BCUT2D eigenvalue weighted by molar-refractivity contribution is 7.90. The van der Waals surface area contributed by atoms with Gasteiger partial charge in [-0.25, -0.2) is 18.1 Å². The molecule has 81 heavy (non-hydrogen) atoms. The monoisotopic (exact) mass is 1120 g/mol. The summed E-state index contributed by atoms with van der Waals surface area (Å²) in [6.45, 7) is 10.4. The molecule has 1 amide bonds. The number of nitrogens with one attached hydrogen (secondary N) is 3. The number of aromatic amines is 1. The first-order valence-electron chi connectivity index (χ1n) is 28.4. The minimum absolute atomic E-state index is 0.104. The van der Waals surface area contributed by atoms with Crippen LogP contribution in [0.5, 0.6) is 17.5 Å². The minimum atomic E-state index is -4.64. The van der Waals surface area contributed by atoms with Crippen molar-refractivity contribution in [3.8, 4) is 17.5 Å². The lowest BCUT2D eigenvalue weighted by molar-refractivity contribution is -0.384. The largest absolute Gasteiger partial charge is 0.491 e. The molecule has 3 saturated heterocycles. The van der Waals surface area contributed by atoms with Crippen molar-refractivity contribution in [2.75, 3.05) is 81.8 Å². The van der Waals surface area contributed by atoms with E-state index in [1.807, 2.05) is 43.5 Å². The summed E-state index contributed by atoms with van der Waals surface area (Å²) in [7, 11) is -1.40. The van der Waals surface area contributed by atoms with Gasteiger partial charge in [0.2, 0.25) is 5.88 Å². The van der Waals surface area contributed by atoms with Crippen LogP contribution in [0.3, 0.4) is 0 Å². The standard InChI is InChI=1S/C60H72N10O10S/c1-38-7-5-6-8-45(38)52-36-66(35-40-27-53(77-3)58(78-4)63-34-40)24-25-68(52)43-31-60(32-43)19-22-67(23-20-60)42-9-11-46(49(29-42)69-48-16-26-79-37-54(48)80-57-51(69)28-41-15-21-61-55(41)64-57)56(71)65-81(75,76)44-10-12-47(50(30-44)70(73)74)62-33-39-13-17-59(2,72)18-14-39/h5-12,15,21,27-30,34,39,43,48,52,54,62,72H,13-14,16-20,22-26,31-33,35-37H2,1-4H3,(H,61,64)(H,65,71)/t39?,48-,52-,54-,59?/m0/s1. The van der Waals surface area contributed by atoms with Gasteiger partial charge >= 0.3 is 0 Å². The average Bonchev–Trinajstić information content (AvgIpc) is 3.93. The van der Waals surface area contributed by atoms with E-state index < -0.39 is 43.1 Å². The second-order valence-electron chi connectivity index (χ2n) is 23.5. The number of pyridine rings is 2. The zero-order chi connectivity index (χ0) is 56.2. The number of anilines is 4. The van der Waals surface area contributed by atoms with Gasteiger partial charge in [0.15, 0.2) is 5.75 Å². The molecule has 6 aromatic rings. The molecule has 2 saturated carbocycles. The SMILES string of the molecule is COc1cc(CN2CCN(C3CC4(CCN(c5ccc(C(=O)NS(=O)(=O)c6ccc(NCC7CCC(C)(O)CC7)c([N+](=O)[O-])c6)c(N6c7cc8cc[nH]c8nc7O[C@H]7COCC[C@@H]76)c5)CC4)C3)[C@H](c3ccccc3C)C2)cnc1OC. The van der Waals surface area contributed by atoms with Gasteiger partial charge in [0, 0.05) is 94.0 Å². The number of carbonyl (C=O) groups is 1. The highest BCUT2D eigenvalue weighted by Gasteiger charge is 2.50. The number of aryl methyl sites for hydroxylation is 1. The van der Waals surface area contributed by atoms with Crippen molar-refractivity contribution in [3.63, 3.8) is 0 Å². The number of piperidine rings is 1. The normalized spacial score (nSPS) is 24.2. The van der Waals surface area contributed by atoms with Gasteiger partial charge in [0.25, 0.3) is 27.5 Å². The number of rotatable bonds is 15. The number of aromatic nitrogens is 3. The lowest BCUT2D eigenvalue weighted by Crippen LogP contribution is -2.59. The topological polar surface area (TPSA) is 230 Å². The molecule has 0 bridgehead atoms. The Morgan fingerprint density at radius 3 is 2.52 bits per heavy atom. The van der Waals surface area contributed by atoms with Gasteiger partial charge in [-0.1, -0.05) is 24.3 Å². The zero-order valence-electron chi connectivity index (χ0n) is 46.4. The first-order chi connectivity index (χ1) is 39.1. The van der Waals surface area contributed by atoms with Gasteiger partial charge in [-0.3, -0.25) is 24.7 Å². The molecule has 2 aliphatic carbocycles. The third-order valence-corrected chi connectivity index (χ3v) is 19.6. The Hall–Kier alpha value is -7.04. The number of nitro benzene ring substituents is 1. The van der Waals surface area contributed by atoms with Crippen molar-refractivity contribution in [1.82, 2.24) is 29.5 Å². The molecule has 20 nitrogen and oxygen atoms in total. The highest BCUT2D eigenvalue weighted by Crippen LogP contribution is 2.54. The average molecular weight is 1130 g/mol. The minimum Gasteiger partial charge on any atom is -0.491 e. The molecule has 7 heterocycles. The smallest absolute Gasteiger partial charge is 0.293 e. The van der Waals surface area contributed by atoms with Crippen LogP contribution in [0.2, 0.25) is 0 Å². The Morgan fingerprint density at radius 1 is 0.951 bits per heavy atom. The number of H-pyrrole nitrogens is 1. The second kappa shape index (κ2) is 22.0. The Bertz CT molecular complexity index is 3440. The summed E-state index contributed by atoms with van der Waals surface area (Å²) in [5.74, 6) is 0.766. The van der Waals surface area contributed by atoms with Gasteiger partial charge < -0.3 is 44.2 Å². The number of piperazine rings is 1. The number of benzene rings is 3. The van der Waals surface area contributed by atoms with E-state index in [4.69, 9.17) is 23.9 Å². The maximum Gasteiger partial charge on any atom is 0.293 e. The molecule has 1 spiro atoms. The Labute approximate surface area is 472 Å². The fourth-order valence-electron chi connectivity index (χ4n) is 13.6. The molecule has 3 atom stereocenters. The molecular formula is C60H72N10O10S. The van der Waals surface area contributed by atoms with E-state index in [2.05, 4.69) is 70.8 Å². The van der Waals surface area contributed by atoms with Gasteiger partial charge in [0.1, 0.15) is 23.1 Å². The van der Waals surface area contributed by atoms with Crippen LogP contribution < -0.4 is 34.0 Å². The Kier molecular flexibility index (Phi) is 14.8. The first-order valence-corrected chi connectivity index (χ1v) is 29.9. The molecule has 0 radical (unpaired) electrons. The molecule has 4 N–H and O–H groups in total. The number of sulfonamides is 1. The van der Waals surface area contributed by atoms with Crippen LogP contribution >= 0.6 is 0 Å². The van der Waals surface area contributed by atoms with Crippen molar-refractivity contribution in [2.24, 2.45) is 11.3 Å². The van der Waals surface area contributed by atoms with E-state index in [1.165, 1.54) is 23.3 Å². The van der Waals surface area contributed by atoms with Crippen LogP contribution in [0.1, 0.15) is 97.8 Å². The predicted molar refractivity (Wildman–Crippen MR) is 307 cm³/mol. The summed E-state index contributed by atoms with van der Waals surface area (Å²) in [6.07, 6.45) is 10.8. The lowest BCUT2D eigenvalue weighted by atomic mass is 9.59. The number of nitro groups is 1. The maximum absolute atomic E-state index is 14.8. The summed E-state index contributed by atoms with van der Waals surface area (Å²) in [5, 5.41) is 26.8. The fraction of sp³-hybridized carbons (Fsp3) is 0.483. The number of hydrogen-bond acceptors (Lipinski definition) is 17. The van der Waals surface area contributed by atoms with Gasteiger partial charge in [-0.2, -0.15) is 4.98 Å². The lowest BCUT2D eigenvalue weighted by Gasteiger charge is -2.58. The van der Waals surface area contributed by atoms with Crippen molar-refractivity contribution in [2.45, 2.75) is 113 Å². The summed E-state index contributed by atoms with van der Waals surface area (Å²) >= 11 is 0. The number of hydrogen-bond donors (Lipinski definition) is 4. The van der Waals surface area contributed by atoms with Crippen LogP contribution in [0, 0.1) is 28.4 Å². The van der Waals surface area contributed by atoms with E-state index in [9.17, 15) is 28.4 Å². The molecule has 3 aromatic heterocycles. The van der Waals surface area contributed by atoms with E-state index in [0.29, 0.717) is 79.6 Å². The Morgan fingerprint density at radius 2 is 1.75 bits per heavy atom. The van der Waals surface area contributed by atoms with Crippen LogP contribution in [-0.2, 0) is 21.3 Å². The second-order valence-corrected chi connectivity index (χ2v) is 25.2. The number of aliphatic hydroxyl groups is 1. The van der Waals surface area contributed by atoms with Crippen molar-refractivity contribution in [3.05, 3.63) is 124 Å². The van der Waals surface area contributed by atoms with Gasteiger partial charge in [0.05, 0.1) is 53.5 Å². The highest BCUT2D eigenvalue weighted by atomic mass is 32.2. The van der Waals surface area contributed by atoms with Crippen LogP contribution in [-0.4, -0.2) is 140 Å². The van der Waals surface area contributed by atoms with Gasteiger partial charge in [-0.05, 0) is 148 Å². The number of carbonyl (C=O) groups excluding carboxylic acids is 1. The summed E-state index contributed by atoms with van der Waals surface area (Å²) in [4.78, 5) is 48.5. The first kappa shape index (κ1) is 54.5. The van der Waals surface area contributed by atoms with Crippen LogP contribution in [0.4, 0.5) is 28.4 Å². The number of nitrogens with zero attached hydrogens (tertiary/aromatic N) is 7. The van der Waals surface area contributed by atoms with E-state index in [-0.39, 0.29) is 34.7 Å².